The lowest BCUT2D eigenvalue weighted by Crippen LogP contribution is -2.25. The summed E-state index contributed by atoms with van der Waals surface area (Å²) in [4.78, 5) is 11.7. The van der Waals surface area contributed by atoms with Crippen LogP contribution in [0.2, 0.25) is 0 Å². The van der Waals surface area contributed by atoms with Crippen molar-refractivity contribution in [2.75, 3.05) is 6.54 Å². The number of nitrogens with one attached hydrogen (secondary N) is 1. The van der Waals surface area contributed by atoms with Crippen LogP contribution in [0.25, 0.3) is 0 Å². The van der Waals surface area contributed by atoms with Crippen molar-refractivity contribution in [2.24, 2.45) is 23.0 Å². The topological polar surface area (TPSA) is 55.1 Å². The molecular weight excluding hydrogens is 224 g/mol. The first kappa shape index (κ1) is 14.6. The van der Waals surface area contributed by atoms with E-state index in [-0.39, 0.29) is 23.2 Å². The Hall–Kier alpha value is -1.51. The second-order valence-corrected chi connectivity index (χ2v) is 6.06. The standard InChI is InChI=1S/C15H24N2O/c1-9(7-10(2)15(4,5)6)12-8-17-14(18)13(12)11(3)16/h7,12-13H,1,3,8,16H2,2,4-6H3,(H,17,18)/b10-7+/t12-,13-/m1/s1. The van der Waals surface area contributed by atoms with Gasteiger partial charge in [-0.15, -0.1) is 0 Å². The van der Waals surface area contributed by atoms with Crippen LogP contribution in [0.3, 0.4) is 0 Å². The highest BCUT2D eigenvalue weighted by atomic mass is 16.2. The number of hydrogen-bond acceptors (Lipinski definition) is 2. The Bertz CT molecular complexity index is 413. The van der Waals surface area contributed by atoms with Crippen LogP contribution in [0.15, 0.2) is 36.1 Å². The van der Waals surface area contributed by atoms with Gasteiger partial charge in [0.2, 0.25) is 5.91 Å². The first-order valence-electron chi connectivity index (χ1n) is 6.24. The van der Waals surface area contributed by atoms with Crippen LogP contribution < -0.4 is 11.1 Å². The summed E-state index contributed by atoms with van der Waals surface area (Å²) in [5.41, 5.74) is 8.42. The van der Waals surface area contributed by atoms with Crippen molar-refractivity contribution < 1.29 is 4.79 Å². The highest BCUT2D eigenvalue weighted by molar-refractivity contribution is 5.84. The van der Waals surface area contributed by atoms with Crippen molar-refractivity contribution in [1.82, 2.24) is 5.32 Å². The normalized spacial score (nSPS) is 24.9. The van der Waals surface area contributed by atoms with Crippen LogP contribution in [0, 0.1) is 17.3 Å². The van der Waals surface area contributed by atoms with Crippen LogP contribution in [0.1, 0.15) is 27.7 Å². The van der Waals surface area contributed by atoms with Gasteiger partial charge in [-0.2, -0.15) is 0 Å². The Morgan fingerprint density at radius 2 is 2.00 bits per heavy atom. The minimum atomic E-state index is -0.346. The fourth-order valence-corrected chi connectivity index (χ4v) is 1.99. The van der Waals surface area contributed by atoms with E-state index in [1.165, 1.54) is 5.57 Å². The van der Waals surface area contributed by atoms with Crippen molar-refractivity contribution in [3.05, 3.63) is 36.1 Å². The Labute approximate surface area is 110 Å². The van der Waals surface area contributed by atoms with Gasteiger partial charge >= 0.3 is 0 Å². The minimum absolute atomic E-state index is 0.0206. The fraction of sp³-hybridized carbons (Fsp3) is 0.533. The lowest BCUT2D eigenvalue weighted by atomic mass is 9.82. The number of allylic oxidation sites excluding steroid dienone is 2. The second kappa shape index (κ2) is 5.01. The van der Waals surface area contributed by atoms with E-state index in [1.54, 1.807) is 0 Å². The van der Waals surface area contributed by atoms with Gasteiger partial charge in [-0.25, -0.2) is 0 Å². The van der Waals surface area contributed by atoms with E-state index in [2.05, 4.69) is 52.2 Å². The highest BCUT2D eigenvalue weighted by Crippen LogP contribution is 2.32. The molecule has 1 fully saturated rings. The van der Waals surface area contributed by atoms with Gasteiger partial charge in [0.05, 0.1) is 5.92 Å². The number of amides is 1. The van der Waals surface area contributed by atoms with Crippen molar-refractivity contribution in [3.63, 3.8) is 0 Å². The number of hydrogen-bond donors (Lipinski definition) is 2. The van der Waals surface area contributed by atoms with E-state index in [0.29, 0.717) is 12.2 Å². The Kier molecular flexibility index (Phi) is 4.05. The van der Waals surface area contributed by atoms with Gasteiger partial charge in [-0.1, -0.05) is 45.6 Å². The minimum Gasteiger partial charge on any atom is -0.402 e. The first-order chi connectivity index (χ1) is 8.14. The predicted octanol–water partition coefficient (Wildman–Crippen LogP) is 2.37. The van der Waals surface area contributed by atoms with Crippen LogP contribution >= 0.6 is 0 Å². The van der Waals surface area contributed by atoms with Crippen molar-refractivity contribution >= 4 is 5.91 Å². The number of nitrogens with two attached hydrogens (primary N) is 1. The first-order valence-corrected chi connectivity index (χ1v) is 6.24. The molecule has 1 aliphatic heterocycles. The van der Waals surface area contributed by atoms with Crippen LogP contribution in [-0.2, 0) is 4.79 Å². The average Bonchev–Trinajstić information content (AvgIpc) is 2.58. The Morgan fingerprint density at radius 1 is 1.44 bits per heavy atom. The molecule has 0 unspecified atom stereocenters. The third-order valence-corrected chi connectivity index (χ3v) is 3.64. The Balaban J connectivity index is 2.92. The van der Waals surface area contributed by atoms with Gasteiger partial charge in [0.1, 0.15) is 0 Å². The van der Waals surface area contributed by atoms with E-state index in [4.69, 9.17) is 5.73 Å². The van der Waals surface area contributed by atoms with Crippen LogP contribution in [0.4, 0.5) is 0 Å². The third-order valence-electron chi connectivity index (χ3n) is 3.64. The average molecular weight is 248 g/mol. The molecule has 3 nitrogen and oxygen atoms in total. The zero-order chi connectivity index (χ0) is 14.1. The van der Waals surface area contributed by atoms with E-state index in [1.807, 2.05) is 0 Å². The zero-order valence-electron chi connectivity index (χ0n) is 11.8. The molecule has 1 heterocycles. The van der Waals surface area contributed by atoms with Gasteiger partial charge < -0.3 is 11.1 Å². The summed E-state index contributed by atoms with van der Waals surface area (Å²) in [6.45, 7) is 16.9. The summed E-state index contributed by atoms with van der Waals surface area (Å²) < 4.78 is 0. The van der Waals surface area contributed by atoms with Crippen LogP contribution in [-0.4, -0.2) is 12.5 Å². The molecule has 0 aliphatic carbocycles. The van der Waals surface area contributed by atoms with E-state index < -0.39 is 0 Å². The molecule has 0 aromatic carbocycles. The van der Waals surface area contributed by atoms with Crippen molar-refractivity contribution in [1.29, 1.82) is 0 Å². The third kappa shape index (κ3) is 3.03. The highest BCUT2D eigenvalue weighted by Gasteiger charge is 2.36. The summed E-state index contributed by atoms with van der Waals surface area (Å²) in [6.07, 6.45) is 2.07. The molecule has 0 aromatic heterocycles. The molecule has 2 atom stereocenters. The lowest BCUT2D eigenvalue weighted by molar-refractivity contribution is -0.121. The number of carbonyl (C=O) groups is 1. The maximum Gasteiger partial charge on any atom is 0.229 e. The molecule has 100 valence electrons. The molecular formula is C15H24N2O. The second-order valence-electron chi connectivity index (χ2n) is 6.06. The molecule has 1 amide bonds. The van der Waals surface area contributed by atoms with Gasteiger partial charge in [-0.05, 0) is 17.9 Å². The molecule has 0 aromatic rings. The zero-order valence-corrected chi connectivity index (χ0v) is 11.8. The summed E-state index contributed by atoms with van der Waals surface area (Å²) in [6, 6.07) is 0. The smallest absolute Gasteiger partial charge is 0.229 e. The maximum atomic E-state index is 11.7. The largest absolute Gasteiger partial charge is 0.402 e. The lowest BCUT2D eigenvalue weighted by Gasteiger charge is -2.22. The van der Waals surface area contributed by atoms with Crippen molar-refractivity contribution in [2.45, 2.75) is 27.7 Å². The molecule has 3 N–H and O–H groups in total. The molecule has 0 bridgehead atoms. The summed E-state index contributed by atoms with van der Waals surface area (Å²) >= 11 is 0. The summed E-state index contributed by atoms with van der Waals surface area (Å²) in [5, 5.41) is 2.82. The van der Waals surface area contributed by atoms with Gasteiger partial charge in [0.15, 0.2) is 0 Å². The number of rotatable bonds is 3. The van der Waals surface area contributed by atoms with Gasteiger partial charge in [0.25, 0.3) is 0 Å². The SMILES string of the molecule is C=C(N)[C@H]1C(=O)NC[C@@H]1C(=C)/C=C(\C)C(C)(C)C. The molecule has 0 radical (unpaired) electrons. The molecule has 1 rings (SSSR count). The summed E-state index contributed by atoms with van der Waals surface area (Å²) in [7, 11) is 0. The molecule has 3 heteroatoms. The van der Waals surface area contributed by atoms with Gasteiger partial charge in [0, 0.05) is 18.2 Å². The molecule has 1 saturated heterocycles. The van der Waals surface area contributed by atoms with E-state index in [0.717, 1.165) is 5.57 Å². The maximum absolute atomic E-state index is 11.7. The molecule has 1 aliphatic rings. The molecule has 18 heavy (non-hydrogen) atoms. The van der Waals surface area contributed by atoms with E-state index >= 15 is 0 Å². The quantitative estimate of drug-likeness (QED) is 0.753. The van der Waals surface area contributed by atoms with Crippen molar-refractivity contribution in [3.8, 4) is 0 Å². The monoisotopic (exact) mass is 248 g/mol. The van der Waals surface area contributed by atoms with Crippen LogP contribution in [0.5, 0.6) is 0 Å². The van der Waals surface area contributed by atoms with Gasteiger partial charge in [-0.3, -0.25) is 4.79 Å². The number of carbonyl (C=O) groups excluding carboxylic acids is 1. The Morgan fingerprint density at radius 3 is 2.44 bits per heavy atom. The predicted molar refractivity (Wildman–Crippen MR) is 75.7 cm³/mol. The molecule has 0 spiro atoms. The summed E-state index contributed by atoms with van der Waals surface area (Å²) in [5.74, 6) is -0.371. The molecule has 0 saturated carbocycles. The fourth-order valence-electron chi connectivity index (χ4n) is 1.99. The van der Waals surface area contributed by atoms with E-state index in [9.17, 15) is 4.79 Å².